The molecule has 12 heteroatoms. The summed E-state index contributed by atoms with van der Waals surface area (Å²) in [5.74, 6) is -0.210. The summed E-state index contributed by atoms with van der Waals surface area (Å²) in [7, 11) is 0. The van der Waals surface area contributed by atoms with Crippen molar-refractivity contribution < 1.29 is 18.4 Å². The summed E-state index contributed by atoms with van der Waals surface area (Å²) >= 11 is 1.34. The lowest BCUT2D eigenvalue weighted by molar-refractivity contribution is -0.132. The van der Waals surface area contributed by atoms with E-state index in [1.54, 1.807) is 29.2 Å². The number of nitrogens with zero attached hydrogens (tertiary/aromatic N) is 5. The second kappa shape index (κ2) is 10.4. The number of hydrogen-bond acceptors (Lipinski definition) is 6. The smallest absolute Gasteiger partial charge is 0.321 e. The number of fused-ring (bicyclic) bond motifs is 1. The molecule has 37 heavy (non-hydrogen) atoms. The number of amides is 3. The maximum Gasteiger partial charge on any atom is 0.321 e. The first-order valence-corrected chi connectivity index (χ1v) is 12.5. The van der Waals surface area contributed by atoms with Crippen LogP contribution in [0.1, 0.15) is 17.5 Å². The molecule has 0 unspecified atom stereocenters. The summed E-state index contributed by atoms with van der Waals surface area (Å²) in [6, 6.07) is 11.2. The lowest BCUT2D eigenvalue weighted by Gasteiger charge is -2.26. The van der Waals surface area contributed by atoms with Gasteiger partial charge in [-0.3, -0.25) is 10.1 Å². The van der Waals surface area contributed by atoms with E-state index in [4.69, 9.17) is 0 Å². The molecule has 0 aliphatic carbocycles. The first-order valence-electron chi connectivity index (χ1n) is 11.7. The highest BCUT2D eigenvalue weighted by Gasteiger charge is 2.26. The number of hydrogen-bond donors (Lipinski definition) is 2. The van der Waals surface area contributed by atoms with E-state index in [0.29, 0.717) is 54.0 Å². The van der Waals surface area contributed by atoms with Gasteiger partial charge in [-0.05, 0) is 55.5 Å². The van der Waals surface area contributed by atoms with Gasteiger partial charge in [-0.1, -0.05) is 11.3 Å². The number of carbonyl (C=O) groups is 2. The Kier molecular flexibility index (Phi) is 6.91. The molecule has 0 saturated carbocycles. The third-order valence-electron chi connectivity index (χ3n) is 5.80. The molecule has 3 amide bonds. The van der Waals surface area contributed by atoms with Crippen LogP contribution in [0.4, 0.5) is 18.7 Å². The Morgan fingerprint density at radius 2 is 1.68 bits per heavy atom. The molecule has 0 fully saturated rings. The van der Waals surface area contributed by atoms with Crippen LogP contribution in [-0.2, 0) is 24.3 Å². The molecule has 190 valence electrons. The third-order valence-corrected chi connectivity index (χ3v) is 6.80. The fraction of sp³-hybridized carbons (Fsp3) is 0.240. The monoisotopic (exact) mass is 523 g/mol. The van der Waals surface area contributed by atoms with Gasteiger partial charge in [0.25, 0.3) is 0 Å². The van der Waals surface area contributed by atoms with Gasteiger partial charge < -0.3 is 10.2 Å². The summed E-state index contributed by atoms with van der Waals surface area (Å²) in [6.07, 6.45) is 0.567. The van der Waals surface area contributed by atoms with E-state index in [-0.39, 0.29) is 30.1 Å². The molecule has 0 saturated heterocycles. The molecule has 0 spiro atoms. The largest absolute Gasteiger partial charge is 0.338 e. The first kappa shape index (κ1) is 24.5. The molecular formula is C25H23F2N7O2S. The van der Waals surface area contributed by atoms with Gasteiger partial charge >= 0.3 is 6.03 Å². The van der Waals surface area contributed by atoms with Gasteiger partial charge in [0.1, 0.15) is 18.2 Å². The molecule has 5 rings (SSSR count). The summed E-state index contributed by atoms with van der Waals surface area (Å²) in [5.41, 5.74) is 2.06. The fourth-order valence-corrected chi connectivity index (χ4v) is 5.00. The Morgan fingerprint density at radius 1 is 1.00 bits per heavy atom. The lowest BCUT2D eigenvalue weighted by atomic mass is 10.2. The van der Waals surface area contributed by atoms with Crippen LogP contribution < -0.4 is 10.6 Å². The zero-order valence-corrected chi connectivity index (χ0v) is 20.7. The number of nitrogens with one attached hydrogen (secondary N) is 2. The topological polar surface area (TPSA) is 105 Å². The van der Waals surface area contributed by atoms with Crippen LogP contribution in [-0.4, -0.2) is 49.7 Å². The fourth-order valence-electron chi connectivity index (χ4n) is 3.98. The van der Waals surface area contributed by atoms with Crippen molar-refractivity contribution in [2.24, 2.45) is 0 Å². The number of rotatable bonds is 6. The van der Waals surface area contributed by atoms with Gasteiger partial charge in [0.05, 0.1) is 12.2 Å². The SMILES string of the molecule is CCNC(=O)Nc1nc2c(s1)CN(C(=O)Cn1nc(-c3ccc(F)cc3)nc1-c1ccc(F)cc1)CC2. The van der Waals surface area contributed by atoms with Gasteiger partial charge in [0.2, 0.25) is 5.91 Å². The second-order valence-corrected chi connectivity index (χ2v) is 9.45. The average molecular weight is 524 g/mol. The van der Waals surface area contributed by atoms with E-state index in [1.807, 2.05) is 6.92 Å². The molecule has 1 aliphatic heterocycles. The van der Waals surface area contributed by atoms with E-state index < -0.39 is 0 Å². The van der Waals surface area contributed by atoms with Gasteiger partial charge in [-0.15, -0.1) is 5.10 Å². The lowest BCUT2D eigenvalue weighted by Crippen LogP contribution is -2.37. The molecule has 2 N–H and O–H groups in total. The van der Waals surface area contributed by atoms with Crippen molar-refractivity contribution in [3.63, 3.8) is 0 Å². The van der Waals surface area contributed by atoms with E-state index in [2.05, 4.69) is 25.7 Å². The molecule has 3 heterocycles. The van der Waals surface area contributed by atoms with Crippen LogP contribution in [0, 0.1) is 11.6 Å². The predicted octanol–water partition coefficient (Wildman–Crippen LogP) is 4.07. The quantitative estimate of drug-likeness (QED) is 0.396. The normalized spacial score (nSPS) is 12.8. The van der Waals surface area contributed by atoms with Crippen LogP contribution in [0.5, 0.6) is 0 Å². The molecule has 2 aromatic carbocycles. The summed E-state index contributed by atoms with van der Waals surface area (Å²) in [5, 5.41) is 10.4. The van der Waals surface area contributed by atoms with Crippen molar-refractivity contribution in [2.45, 2.75) is 26.4 Å². The van der Waals surface area contributed by atoms with Crippen molar-refractivity contribution in [1.82, 2.24) is 30.0 Å². The number of carbonyl (C=O) groups excluding carboxylic acids is 2. The van der Waals surface area contributed by atoms with Gasteiger partial charge in [0.15, 0.2) is 16.8 Å². The highest BCUT2D eigenvalue weighted by Crippen LogP contribution is 2.29. The van der Waals surface area contributed by atoms with Gasteiger partial charge in [-0.2, -0.15) is 0 Å². The standard InChI is InChI=1S/C25H23F2N7O2S/c1-2-28-24(36)31-25-29-19-11-12-33(13-20(19)37-25)21(35)14-34-23(16-5-9-18(27)10-6-16)30-22(32-34)15-3-7-17(26)8-4-15/h3-10H,2,11-14H2,1H3,(H2,28,29,31,36). The van der Waals surface area contributed by atoms with Crippen LogP contribution >= 0.6 is 11.3 Å². The first-order chi connectivity index (χ1) is 17.9. The van der Waals surface area contributed by atoms with Gasteiger partial charge in [-0.25, -0.2) is 28.2 Å². The number of urea groups is 1. The molecule has 0 radical (unpaired) electrons. The zero-order valence-electron chi connectivity index (χ0n) is 19.9. The minimum absolute atomic E-state index is 0.0843. The van der Waals surface area contributed by atoms with Crippen LogP contribution in [0.2, 0.25) is 0 Å². The molecule has 9 nitrogen and oxygen atoms in total. The number of halogens is 2. The molecule has 4 aromatic rings. The summed E-state index contributed by atoms with van der Waals surface area (Å²) in [4.78, 5) is 36.8. The minimum atomic E-state index is -0.389. The number of thiazole rings is 1. The molecule has 0 bridgehead atoms. The summed E-state index contributed by atoms with van der Waals surface area (Å²) in [6.45, 7) is 3.09. The summed E-state index contributed by atoms with van der Waals surface area (Å²) < 4.78 is 28.4. The molecule has 0 atom stereocenters. The Bertz CT molecular complexity index is 1430. The van der Waals surface area contributed by atoms with Crippen molar-refractivity contribution in [2.75, 3.05) is 18.4 Å². The van der Waals surface area contributed by atoms with Crippen molar-refractivity contribution >= 4 is 28.4 Å². The minimum Gasteiger partial charge on any atom is -0.338 e. The van der Waals surface area contributed by atoms with Crippen molar-refractivity contribution in [3.05, 3.63) is 70.7 Å². The molecule has 2 aromatic heterocycles. The third kappa shape index (κ3) is 5.48. The number of anilines is 1. The van der Waals surface area contributed by atoms with E-state index in [1.165, 1.54) is 40.3 Å². The molecular weight excluding hydrogens is 500 g/mol. The Hall–Kier alpha value is -4.19. The Balaban J connectivity index is 1.37. The van der Waals surface area contributed by atoms with Crippen LogP contribution in [0.15, 0.2) is 48.5 Å². The number of aromatic nitrogens is 4. The maximum absolute atomic E-state index is 13.5. The molecule has 1 aliphatic rings. The van der Waals surface area contributed by atoms with E-state index in [0.717, 1.165) is 10.6 Å². The predicted molar refractivity (Wildman–Crippen MR) is 135 cm³/mol. The van der Waals surface area contributed by atoms with E-state index in [9.17, 15) is 18.4 Å². The highest BCUT2D eigenvalue weighted by atomic mass is 32.1. The highest BCUT2D eigenvalue weighted by molar-refractivity contribution is 7.15. The number of benzene rings is 2. The van der Waals surface area contributed by atoms with Crippen LogP contribution in [0.25, 0.3) is 22.8 Å². The average Bonchev–Trinajstić information content (AvgIpc) is 3.48. The Labute approximate surface area is 215 Å². The van der Waals surface area contributed by atoms with Crippen molar-refractivity contribution in [1.29, 1.82) is 0 Å². The van der Waals surface area contributed by atoms with Crippen LogP contribution in [0.3, 0.4) is 0 Å². The Morgan fingerprint density at radius 3 is 2.35 bits per heavy atom. The zero-order chi connectivity index (χ0) is 25.9. The van der Waals surface area contributed by atoms with Crippen molar-refractivity contribution in [3.8, 4) is 22.8 Å². The van der Waals surface area contributed by atoms with E-state index >= 15 is 0 Å². The second-order valence-electron chi connectivity index (χ2n) is 8.37. The maximum atomic E-state index is 13.5. The van der Waals surface area contributed by atoms with Gasteiger partial charge in [0, 0.05) is 35.5 Å².